The van der Waals surface area contributed by atoms with E-state index in [4.69, 9.17) is 9.52 Å². The zero-order chi connectivity index (χ0) is 22.9. The third kappa shape index (κ3) is 6.64. The molecule has 2 fully saturated rings. The van der Waals surface area contributed by atoms with E-state index in [1.807, 2.05) is 0 Å². The van der Waals surface area contributed by atoms with Gasteiger partial charge in [-0.15, -0.1) is 0 Å². The number of carbonyl (C=O) groups is 4. The van der Waals surface area contributed by atoms with Gasteiger partial charge in [-0.2, -0.15) is 0 Å². The van der Waals surface area contributed by atoms with Gasteiger partial charge >= 0.3 is 11.9 Å². The lowest BCUT2D eigenvalue weighted by Gasteiger charge is -2.34. The van der Waals surface area contributed by atoms with Gasteiger partial charge in [-0.3, -0.25) is 19.2 Å². The quantitative estimate of drug-likeness (QED) is 0.380. The van der Waals surface area contributed by atoms with Crippen molar-refractivity contribution in [3.05, 3.63) is 24.2 Å². The van der Waals surface area contributed by atoms with Gasteiger partial charge in [-0.25, -0.2) is 10.4 Å². The summed E-state index contributed by atoms with van der Waals surface area (Å²) < 4.78 is 5.12. The van der Waals surface area contributed by atoms with Crippen molar-refractivity contribution in [2.75, 3.05) is 32.7 Å². The van der Waals surface area contributed by atoms with Crippen LogP contribution >= 0.6 is 0 Å². The van der Waals surface area contributed by atoms with E-state index < -0.39 is 23.7 Å². The highest BCUT2D eigenvalue weighted by molar-refractivity contribution is 6.03. The van der Waals surface area contributed by atoms with Gasteiger partial charge < -0.3 is 19.7 Å². The molecule has 176 valence electrons. The summed E-state index contributed by atoms with van der Waals surface area (Å²) in [7, 11) is 0. The van der Waals surface area contributed by atoms with E-state index in [2.05, 4.69) is 10.7 Å². The Hall–Kier alpha value is -2.72. The molecular weight excluding hydrogens is 416 g/mol. The molecule has 10 heteroatoms. The first-order valence-electron chi connectivity index (χ1n) is 11.3. The van der Waals surface area contributed by atoms with Crippen molar-refractivity contribution in [3.63, 3.8) is 0 Å². The van der Waals surface area contributed by atoms with E-state index in [0.717, 1.165) is 37.4 Å². The fourth-order valence-electron chi connectivity index (χ4n) is 4.28. The average Bonchev–Trinajstić information content (AvgIpc) is 3.35. The zero-order valence-corrected chi connectivity index (χ0v) is 18.3. The van der Waals surface area contributed by atoms with Crippen LogP contribution in [0.1, 0.15) is 55.5 Å². The third-order valence-corrected chi connectivity index (χ3v) is 6.11. The van der Waals surface area contributed by atoms with Crippen LogP contribution in [0.25, 0.3) is 0 Å². The van der Waals surface area contributed by atoms with Crippen molar-refractivity contribution in [1.82, 2.24) is 20.7 Å². The van der Waals surface area contributed by atoms with E-state index in [-0.39, 0.29) is 31.2 Å². The van der Waals surface area contributed by atoms with Crippen molar-refractivity contribution in [2.24, 2.45) is 11.8 Å². The molecule has 3 N–H and O–H groups in total. The molecule has 0 unspecified atom stereocenters. The normalized spacial score (nSPS) is 19.5. The summed E-state index contributed by atoms with van der Waals surface area (Å²) in [6.07, 6.45) is 5.80. The number of hydrogen-bond donors (Lipinski definition) is 3. The Morgan fingerprint density at radius 1 is 1.19 bits per heavy atom. The van der Waals surface area contributed by atoms with Crippen LogP contribution in [-0.2, 0) is 14.4 Å². The number of furan rings is 1. The maximum absolute atomic E-state index is 13.2. The number of carboxylic acid groups (broad SMARTS) is 1. The summed E-state index contributed by atoms with van der Waals surface area (Å²) >= 11 is 0. The number of hydrazine groups is 1. The first kappa shape index (κ1) is 23.9. The summed E-state index contributed by atoms with van der Waals surface area (Å²) in [6.45, 7) is 2.76. The molecule has 1 atom stereocenters. The Bertz CT molecular complexity index is 790. The standard InChI is InChI=1S/C22H32N4O6/c27-19(6-5-16-7-10-23-11-8-16)25-13-1-3-17(15-25)21(30)26(24-12-9-20(28)29)22(31)18-4-2-14-32-18/h2,4,14,16-17,23-24H,1,3,5-13,15H2,(H,28,29)/t17-/m1/s1. The SMILES string of the molecule is O=C(O)CCNN(C(=O)c1ccco1)C(=O)[C@@H]1CCCN(C(=O)CCC2CCNCC2)C1. The molecule has 32 heavy (non-hydrogen) atoms. The Morgan fingerprint density at radius 3 is 2.66 bits per heavy atom. The van der Waals surface area contributed by atoms with Crippen LogP contribution in [0, 0.1) is 11.8 Å². The Balaban J connectivity index is 1.59. The molecule has 1 aromatic heterocycles. The van der Waals surface area contributed by atoms with Gasteiger partial charge in [0.15, 0.2) is 5.76 Å². The highest BCUT2D eigenvalue weighted by Gasteiger charge is 2.35. The predicted octanol–water partition coefficient (Wildman–Crippen LogP) is 1.25. The van der Waals surface area contributed by atoms with Gasteiger partial charge in [-0.05, 0) is 63.2 Å². The van der Waals surface area contributed by atoms with E-state index in [1.54, 1.807) is 4.90 Å². The molecule has 10 nitrogen and oxygen atoms in total. The van der Waals surface area contributed by atoms with Gasteiger partial charge in [0, 0.05) is 26.1 Å². The number of piperidine rings is 2. The maximum Gasteiger partial charge on any atom is 0.310 e. The van der Waals surface area contributed by atoms with Gasteiger partial charge in [0.2, 0.25) is 11.8 Å². The zero-order valence-electron chi connectivity index (χ0n) is 18.3. The second-order valence-electron chi connectivity index (χ2n) is 8.42. The van der Waals surface area contributed by atoms with Crippen molar-refractivity contribution in [2.45, 2.75) is 44.9 Å². The van der Waals surface area contributed by atoms with Crippen LogP contribution in [-0.4, -0.2) is 71.4 Å². The molecule has 0 aliphatic carbocycles. The summed E-state index contributed by atoms with van der Waals surface area (Å²) in [4.78, 5) is 51.3. The molecule has 3 rings (SSSR count). The van der Waals surface area contributed by atoms with Crippen molar-refractivity contribution < 1.29 is 28.7 Å². The van der Waals surface area contributed by atoms with E-state index >= 15 is 0 Å². The first-order valence-corrected chi connectivity index (χ1v) is 11.3. The van der Waals surface area contributed by atoms with Crippen LogP contribution in [0.5, 0.6) is 0 Å². The molecule has 0 bridgehead atoms. The number of likely N-dealkylation sites (tertiary alicyclic amines) is 1. The second-order valence-corrected chi connectivity index (χ2v) is 8.42. The topological polar surface area (TPSA) is 132 Å². The Labute approximate surface area is 187 Å². The Morgan fingerprint density at radius 2 is 1.97 bits per heavy atom. The van der Waals surface area contributed by atoms with Crippen molar-refractivity contribution >= 4 is 23.7 Å². The fourth-order valence-corrected chi connectivity index (χ4v) is 4.28. The minimum absolute atomic E-state index is 0.0214. The van der Waals surface area contributed by atoms with Crippen LogP contribution < -0.4 is 10.7 Å². The molecule has 2 saturated heterocycles. The third-order valence-electron chi connectivity index (χ3n) is 6.11. The largest absolute Gasteiger partial charge is 0.481 e. The van der Waals surface area contributed by atoms with Crippen LogP contribution in [0.4, 0.5) is 0 Å². The number of hydrogen-bond acceptors (Lipinski definition) is 7. The number of carbonyl (C=O) groups excluding carboxylic acids is 3. The number of nitrogens with zero attached hydrogens (tertiary/aromatic N) is 2. The Kier molecular flexibility index (Phi) is 8.81. The van der Waals surface area contributed by atoms with E-state index in [9.17, 15) is 19.2 Å². The average molecular weight is 449 g/mol. The second kappa shape index (κ2) is 11.8. The van der Waals surface area contributed by atoms with Gasteiger partial charge in [0.05, 0.1) is 18.6 Å². The summed E-state index contributed by atoms with van der Waals surface area (Å²) in [5.41, 5.74) is 2.63. The highest BCUT2D eigenvalue weighted by Crippen LogP contribution is 2.23. The molecule has 2 aliphatic heterocycles. The number of carboxylic acids is 1. The van der Waals surface area contributed by atoms with E-state index in [0.29, 0.717) is 31.7 Å². The molecule has 3 heterocycles. The minimum Gasteiger partial charge on any atom is -0.481 e. The first-order chi connectivity index (χ1) is 15.5. The van der Waals surface area contributed by atoms with Crippen molar-refractivity contribution in [1.29, 1.82) is 0 Å². The van der Waals surface area contributed by atoms with Crippen molar-refractivity contribution in [3.8, 4) is 0 Å². The predicted molar refractivity (Wildman–Crippen MR) is 114 cm³/mol. The van der Waals surface area contributed by atoms with Crippen LogP contribution in [0.3, 0.4) is 0 Å². The number of aliphatic carboxylic acids is 1. The lowest BCUT2D eigenvalue weighted by molar-refractivity contribution is -0.142. The molecule has 0 aromatic carbocycles. The summed E-state index contributed by atoms with van der Waals surface area (Å²) in [5.74, 6) is -2.16. The minimum atomic E-state index is -1.04. The van der Waals surface area contributed by atoms with Gasteiger partial charge in [0.1, 0.15) is 0 Å². The lowest BCUT2D eigenvalue weighted by Crippen LogP contribution is -2.53. The van der Waals surface area contributed by atoms with Crippen LogP contribution in [0.2, 0.25) is 0 Å². The molecule has 1 aromatic rings. The van der Waals surface area contributed by atoms with Crippen LogP contribution in [0.15, 0.2) is 22.8 Å². The number of amides is 3. The van der Waals surface area contributed by atoms with E-state index in [1.165, 1.54) is 18.4 Å². The fraction of sp³-hybridized carbons (Fsp3) is 0.636. The smallest absolute Gasteiger partial charge is 0.310 e. The van der Waals surface area contributed by atoms with Gasteiger partial charge in [-0.1, -0.05) is 0 Å². The van der Waals surface area contributed by atoms with Gasteiger partial charge in [0.25, 0.3) is 0 Å². The molecular formula is C22H32N4O6. The maximum atomic E-state index is 13.2. The number of imide groups is 1. The summed E-state index contributed by atoms with van der Waals surface area (Å²) in [5, 5.41) is 13.0. The molecule has 0 spiro atoms. The molecule has 0 radical (unpaired) electrons. The number of rotatable bonds is 9. The molecule has 3 amide bonds. The molecule has 2 aliphatic rings. The highest BCUT2D eigenvalue weighted by atomic mass is 16.4. The number of nitrogens with one attached hydrogen (secondary N) is 2. The molecule has 0 saturated carbocycles. The monoisotopic (exact) mass is 448 g/mol. The lowest BCUT2D eigenvalue weighted by atomic mass is 9.92. The summed E-state index contributed by atoms with van der Waals surface area (Å²) in [6, 6.07) is 2.98.